The second kappa shape index (κ2) is 11.8. The van der Waals surface area contributed by atoms with Gasteiger partial charge in [-0.05, 0) is 49.8 Å². The Labute approximate surface area is 187 Å². The van der Waals surface area contributed by atoms with Gasteiger partial charge in [-0.1, -0.05) is 60.7 Å². The molecular weight excluding hydrogens is 386 g/mol. The van der Waals surface area contributed by atoms with Gasteiger partial charge < -0.3 is 19.1 Å². The first kappa shape index (κ1) is 22.5. The minimum atomic E-state index is 0.0315. The predicted molar refractivity (Wildman–Crippen MR) is 124 cm³/mol. The van der Waals surface area contributed by atoms with Gasteiger partial charge >= 0.3 is 0 Å². The summed E-state index contributed by atoms with van der Waals surface area (Å²) < 4.78 is 18.2. The van der Waals surface area contributed by atoms with Crippen molar-refractivity contribution in [1.82, 2.24) is 4.90 Å². The Hall–Kier alpha value is -1.72. The third-order valence-electron chi connectivity index (χ3n) is 6.69. The van der Waals surface area contributed by atoms with E-state index in [1.807, 2.05) is 18.2 Å². The molecule has 1 atom stereocenters. The largest absolute Gasteiger partial charge is 0.376 e. The topological polar surface area (TPSA) is 30.9 Å². The maximum Gasteiger partial charge on any atom is 0.0731 e. The summed E-state index contributed by atoms with van der Waals surface area (Å²) in [5, 5.41) is 0. The van der Waals surface area contributed by atoms with Crippen LogP contribution in [0, 0.1) is 0 Å². The number of hydrogen-bond donors (Lipinski definition) is 0. The molecule has 0 radical (unpaired) electrons. The lowest BCUT2D eigenvalue weighted by Gasteiger charge is -2.46. The van der Waals surface area contributed by atoms with Gasteiger partial charge in [0.15, 0.2) is 0 Å². The number of ether oxygens (including phenoxy) is 3. The van der Waals surface area contributed by atoms with E-state index in [1.165, 1.54) is 30.5 Å². The molecule has 0 amide bonds. The minimum Gasteiger partial charge on any atom is -0.376 e. The Morgan fingerprint density at radius 3 is 2.35 bits per heavy atom. The van der Waals surface area contributed by atoms with Crippen molar-refractivity contribution in [2.45, 2.75) is 56.8 Å². The standard InChI is InChI=1S/C27H37NO3/c1-3-8-24(9-4-1)12-7-16-28-17-14-27(15-18-28)22-26(13-19-31-27)30-21-20-29-23-25-10-5-2-6-11-25/h1-6,8-11,26H,7,12-23H2. The van der Waals surface area contributed by atoms with Crippen LogP contribution in [0.25, 0.3) is 0 Å². The Morgan fingerprint density at radius 2 is 1.61 bits per heavy atom. The highest BCUT2D eigenvalue weighted by Crippen LogP contribution is 2.36. The zero-order chi connectivity index (χ0) is 21.2. The van der Waals surface area contributed by atoms with E-state index in [0.29, 0.717) is 25.9 Å². The van der Waals surface area contributed by atoms with Gasteiger partial charge in [0, 0.05) is 26.1 Å². The normalized spacial score (nSPS) is 21.4. The van der Waals surface area contributed by atoms with Gasteiger partial charge in [-0.3, -0.25) is 0 Å². The number of nitrogens with zero attached hydrogens (tertiary/aromatic N) is 1. The van der Waals surface area contributed by atoms with Gasteiger partial charge in [0.2, 0.25) is 0 Å². The molecule has 2 heterocycles. The lowest BCUT2D eigenvalue weighted by molar-refractivity contribution is -0.158. The van der Waals surface area contributed by atoms with Gasteiger partial charge in [-0.25, -0.2) is 0 Å². The molecule has 0 aliphatic carbocycles. The third-order valence-corrected chi connectivity index (χ3v) is 6.69. The molecular formula is C27H37NO3. The second-order valence-electron chi connectivity index (χ2n) is 8.99. The molecule has 2 aliphatic heterocycles. The first-order valence-corrected chi connectivity index (χ1v) is 11.9. The number of piperidine rings is 1. The summed E-state index contributed by atoms with van der Waals surface area (Å²) in [5.41, 5.74) is 2.69. The smallest absolute Gasteiger partial charge is 0.0731 e. The highest BCUT2D eigenvalue weighted by molar-refractivity contribution is 5.14. The van der Waals surface area contributed by atoms with Gasteiger partial charge in [0.05, 0.1) is 31.5 Å². The van der Waals surface area contributed by atoms with Crippen LogP contribution in [-0.2, 0) is 27.2 Å². The fourth-order valence-corrected chi connectivity index (χ4v) is 4.85. The number of benzene rings is 2. The number of hydrogen-bond acceptors (Lipinski definition) is 4. The Balaban J connectivity index is 1.11. The van der Waals surface area contributed by atoms with Crippen LogP contribution in [0.1, 0.15) is 43.2 Å². The summed E-state index contributed by atoms with van der Waals surface area (Å²) >= 11 is 0. The van der Waals surface area contributed by atoms with Gasteiger partial charge in [0.1, 0.15) is 0 Å². The van der Waals surface area contributed by atoms with Crippen molar-refractivity contribution in [3.8, 4) is 0 Å². The third kappa shape index (κ3) is 7.15. The summed E-state index contributed by atoms with van der Waals surface area (Å²) in [4.78, 5) is 2.61. The molecule has 0 saturated carbocycles. The highest BCUT2D eigenvalue weighted by Gasteiger charge is 2.40. The van der Waals surface area contributed by atoms with E-state index in [2.05, 4.69) is 47.4 Å². The average Bonchev–Trinajstić information content (AvgIpc) is 2.82. The van der Waals surface area contributed by atoms with Crippen molar-refractivity contribution in [3.63, 3.8) is 0 Å². The van der Waals surface area contributed by atoms with Crippen molar-refractivity contribution >= 4 is 0 Å². The van der Waals surface area contributed by atoms with E-state index in [4.69, 9.17) is 14.2 Å². The first-order chi connectivity index (χ1) is 15.3. The predicted octanol–water partition coefficient (Wildman–Crippen LogP) is 4.87. The van der Waals surface area contributed by atoms with Crippen LogP contribution in [0.4, 0.5) is 0 Å². The summed E-state index contributed by atoms with van der Waals surface area (Å²) in [6.07, 6.45) is 6.99. The van der Waals surface area contributed by atoms with Crippen LogP contribution in [0.15, 0.2) is 60.7 Å². The van der Waals surface area contributed by atoms with E-state index in [1.54, 1.807) is 0 Å². The van der Waals surface area contributed by atoms with E-state index < -0.39 is 0 Å². The maximum absolute atomic E-state index is 6.31. The summed E-state index contributed by atoms with van der Waals surface area (Å²) in [7, 11) is 0. The molecule has 2 aliphatic rings. The van der Waals surface area contributed by atoms with Crippen molar-refractivity contribution in [2.75, 3.05) is 39.5 Å². The molecule has 0 bridgehead atoms. The summed E-state index contributed by atoms with van der Waals surface area (Å²) in [6, 6.07) is 21.1. The van der Waals surface area contributed by atoms with Crippen LogP contribution in [0.5, 0.6) is 0 Å². The van der Waals surface area contributed by atoms with Crippen molar-refractivity contribution in [2.24, 2.45) is 0 Å². The Bertz CT molecular complexity index is 744. The molecule has 168 valence electrons. The van der Waals surface area contributed by atoms with Crippen LogP contribution in [0.3, 0.4) is 0 Å². The fraction of sp³-hybridized carbons (Fsp3) is 0.556. The molecule has 0 N–H and O–H groups in total. The minimum absolute atomic E-state index is 0.0315. The summed E-state index contributed by atoms with van der Waals surface area (Å²) in [5.74, 6) is 0. The molecule has 0 aromatic heterocycles. The van der Waals surface area contributed by atoms with Gasteiger partial charge in [0.25, 0.3) is 0 Å². The Morgan fingerprint density at radius 1 is 0.903 bits per heavy atom. The van der Waals surface area contributed by atoms with E-state index in [9.17, 15) is 0 Å². The molecule has 2 saturated heterocycles. The molecule has 1 unspecified atom stereocenters. The zero-order valence-electron chi connectivity index (χ0n) is 18.7. The van der Waals surface area contributed by atoms with Crippen molar-refractivity contribution in [3.05, 3.63) is 71.8 Å². The first-order valence-electron chi connectivity index (χ1n) is 11.9. The van der Waals surface area contributed by atoms with Crippen molar-refractivity contribution < 1.29 is 14.2 Å². The average molecular weight is 424 g/mol. The van der Waals surface area contributed by atoms with E-state index >= 15 is 0 Å². The lowest BCUT2D eigenvalue weighted by Crippen LogP contribution is -2.51. The van der Waals surface area contributed by atoms with Crippen LogP contribution >= 0.6 is 0 Å². The quantitative estimate of drug-likeness (QED) is 0.511. The molecule has 31 heavy (non-hydrogen) atoms. The van der Waals surface area contributed by atoms with Gasteiger partial charge in [-0.2, -0.15) is 0 Å². The van der Waals surface area contributed by atoms with E-state index in [-0.39, 0.29) is 5.60 Å². The molecule has 4 heteroatoms. The van der Waals surface area contributed by atoms with Crippen molar-refractivity contribution in [1.29, 1.82) is 0 Å². The Kier molecular flexibility index (Phi) is 8.53. The van der Waals surface area contributed by atoms with Crippen LogP contribution in [-0.4, -0.2) is 56.1 Å². The number of rotatable bonds is 10. The SMILES string of the molecule is c1ccc(CCCN2CCC3(CC2)CC(OCCOCc2ccccc2)CCO3)cc1. The molecule has 2 aromatic carbocycles. The molecule has 4 nitrogen and oxygen atoms in total. The van der Waals surface area contributed by atoms with Gasteiger partial charge in [-0.15, -0.1) is 0 Å². The lowest BCUT2D eigenvalue weighted by atomic mass is 9.83. The summed E-state index contributed by atoms with van der Waals surface area (Å²) in [6.45, 7) is 6.26. The molecule has 4 rings (SSSR count). The fourth-order valence-electron chi connectivity index (χ4n) is 4.85. The van der Waals surface area contributed by atoms with Crippen LogP contribution < -0.4 is 0 Å². The molecule has 2 aromatic rings. The molecule has 2 fully saturated rings. The van der Waals surface area contributed by atoms with E-state index in [0.717, 1.165) is 45.4 Å². The maximum atomic E-state index is 6.31. The highest BCUT2D eigenvalue weighted by atomic mass is 16.5. The number of likely N-dealkylation sites (tertiary alicyclic amines) is 1. The second-order valence-corrected chi connectivity index (χ2v) is 8.99. The monoisotopic (exact) mass is 423 g/mol. The zero-order valence-corrected chi connectivity index (χ0v) is 18.7. The number of aryl methyl sites for hydroxylation is 1. The molecule has 1 spiro atoms. The van der Waals surface area contributed by atoms with Crippen LogP contribution in [0.2, 0.25) is 0 Å².